The first kappa shape index (κ1) is 19.2. The van der Waals surface area contributed by atoms with Crippen molar-refractivity contribution in [1.29, 1.82) is 0 Å². The van der Waals surface area contributed by atoms with Gasteiger partial charge in [0.15, 0.2) is 0 Å². The molecule has 2 aromatic heterocycles. The minimum Gasteiger partial charge on any atom is -0.506 e. The Hall–Kier alpha value is -2.52. The minimum absolute atomic E-state index is 0.125. The number of aromatic nitrogens is 1. The fourth-order valence-electron chi connectivity index (χ4n) is 2.88. The molecule has 0 amide bonds. The van der Waals surface area contributed by atoms with Crippen molar-refractivity contribution in [2.24, 2.45) is 0 Å². The molecule has 0 aliphatic rings. The molecule has 0 fully saturated rings. The third-order valence-electron chi connectivity index (χ3n) is 4.07. The second kappa shape index (κ2) is 6.58. The Morgan fingerprint density at radius 1 is 1.30 bits per heavy atom. The second-order valence-corrected chi connectivity index (χ2v) is 7.05. The van der Waals surface area contributed by atoms with Crippen LogP contribution in [0, 0.1) is 6.92 Å². The summed E-state index contributed by atoms with van der Waals surface area (Å²) in [6.07, 6.45) is -5.04. The van der Waals surface area contributed by atoms with E-state index in [9.17, 15) is 27.9 Å². The maximum absolute atomic E-state index is 12.9. The molecular formula is C17H11ClF3NO4S. The van der Waals surface area contributed by atoms with Crippen molar-refractivity contribution in [2.75, 3.05) is 0 Å². The Balaban J connectivity index is 2.24. The number of nitrogens with zero attached hydrogens (tertiary/aromatic N) is 1. The Labute approximate surface area is 159 Å². The number of phenols is 1. The summed E-state index contributed by atoms with van der Waals surface area (Å²) in [6.45, 7) is 1.47. The number of phenolic OH excluding ortho intramolecular Hbond substituents is 1. The van der Waals surface area contributed by atoms with Crippen molar-refractivity contribution in [3.05, 3.63) is 50.3 Å². The number of hydrogen-bond donors (Lipinski definition) is 2. The van der Waals surface area contributed by atoms with Crippen LogP contribution in [-0.4, -0.2) is 26.7 Å². The fourth-order valence-corrected chi connectivity index (χ4v) is 3.91. The van der Waals surface area contributed by atoms with E-state index in [2.05, 4.69) is 0 Å². The summed E-state index contributed by atoms with van der Waals surface area (Å²) in [7, 11) is 0. The zero-order chi connectivity index (χ0) is 20.1. The molecule has 3 aromatic rings. The van der Waals surface area contributed by atoms with E-state index in [-0.39, 0.29) is 38.5 Å². The van der Waals surface area contributed by atoms with Crippen molar-refractivity contribution >= 4 is 45.7 Å². The van der Waals surface area contributed by atoms with Crippen molar-refractivity contribution in [2.45, 2.75) is 19.5 Å². The van der Waals surface area contributed by atoms with E-state index in [0.29, 0.717) is 11.3 Å². The minimum atomic E-state index is -4.57. The number of halogens is 4. The predicted molar refractivity (Wildman–Crippen MR) is 93.7 cm³/mol. The molecule has 5 nitrogen and oxygen atoms in total. The van der Waals surface area contributed by atoms with Gasteiger partial charge in [0.1, 0.15) is 10.6 Å². The van der Waals surface area contributed by atoms with Crippen LogP contribution in [0.15, 0.2) is 23.6 Å². The summed E-state index contributed by atoms with van der Waals surface area (Å²) in [5.41, 5.74) is 0.456. The summed E-state index contributed by atoms with van der Waals surface area (Å²) in [4.78, 5) is 23.2. The third kappa shape index (κ3) is 3.28. The van der Waals surface area contributed by atoms with Crippen LogP contribution in [0.25, 0.3) is 10.9 Å². The van der Waals surface area contributed by atoms with Crippen LogP contribution in [0.5, 0.6) is 5.75 Å². The van der Waals surface area contributed by atoms with Gasteiger partial charge in [0.25, 0.3) is 5.91 Å². The van der Waals surface area contributed by atoms with Gasteiger partial charge in [0.05, 0.1) is 22.5 Å². The van der Waals surface area contributed by atoms with Crippen LogP contribution in [0.2, 0.25) is 5.02 Å². The molecule has 0 atom stereocenters. The number of carboxylic acid groups (broad SMARTS) is 1. The third-order valence-corrected chi connectivity index (χ3v) is 5.43. The van der Waals surface area contributed by atoms with Crippen molar-refractivity contribution in [1.82, 2.24) is 4.57 Å². The summed E-state index contributed by atoms with van der Waals surface area (Å²) < 4.78 is 39.6. The van der Waals surface area contributed by atoms with Gasteiger partial charge in [0.2, 0.25) is 0 Å². The van der Waals surface area contributed by atoms with Gasteiger partial charge >= 0.3 is 12.1 Å². The van der Waals surface area contributed by atoms with Crippen LogP contribution >= 0.6 is 22.9 Å². The number of carboxylic acids is 1. The molecule has 2 N–H and O–H groups in total. The summed E-state index contributed by atoms with van der Waals surface area (Å²) in [5, 5.41) is 20.1. The lowest BCUT2D eigenvalue weighted by atomic mass is 10.1. The number of aromatic hydroxyl groups is 1. The van der Waals surface area contributed by atoms with Crippen molar-refractivity contribution in [3.63, 3.8) is 0 Å². The predicted octanol–water partition coefficient (Wildman–Crippen LogP) is 4.70. The zero-order valence-electron chi connectivity index (χ0n) is 13.6. The van der Waals surface area contributed by atoms with Crippen LogP contribution in [0.3, 0.4) is 0 Å². The van der Waals surface area contributed by atoms with Gasteiger partial charge in [-0.3, -0.25) is 14.2 Å². The highest BCUT2D eigenvalue weighted by Crippen LogP contribution is 2.39. The first-order valence-electron chi connectivity index (χ1n) is 7.46. The van der Waals surface area contributed by atoms with Crippen LogP contribution in [0.4, 0.5) is 13.2 Å². The molecule has 10 heteroatoms. The lowest BCUT2D eigenvalue weighted by Crippen LogP contribution is -2.13. The molecule has 142 valence electrons. The van der Waals surface area contributed by atoms with Crippen LogP contribution in [-0.2, 0) is 17.4 Å². The van der Waals surface area contributed by atoms with Crippen LogP contribution < -0.4 is 0 Å². The number of rotatable bonds is 3. The number of alkyl halides is 3. The quantitative estimate of drug-likeness (QED) is 0.647. The Morgan fingerprint density at radius 3 is 2.52 bits per heavy atom. The highest BCUT2D eigenvalue weighted by molar-refractivity contribution is 7.10. The lowest BCUT2D eigenvalue weighted by Gasteiger charge is -2.06. The number of fused-ring (bicyclic) bond motifs is 1. The molecule has 0 aliphatic heterocycles. The first-order valence-corrected chi connectivity index (χ1v) is 8.71. The topological polar surface area (TPSA) is 79.5 Å². The van der Waals surface area contributed by atoms with Crippen molar-refractivity contribution < 1.29 is 33.0 Å². The van der Waals surface area contributed by atoms with E-state index in [1.165, 1.54) is 19.1 Å². The number of hydrogen-bond acceptors (Lipinski definition) is 4. The van der Waals surface area contributed by atoms with Gasteiger partial charge in [-0.2, -0.15) is 13.2 Å². The molecule has 2 heterocycles. The van der Waals surface area contributed by atoms with Crippen LogP contribution in [0.1, 0.15) is 26.5 Å². The molecule has 0 saturated carbocycles. The highest BCUT2D eigenvalue weighted by atomic mass is 35.5. The molecule has 0 radical (unpaired) electrons. The Kier molecular flexibility index (Phi) is 4.69. The first-order chi connectivity index (χ1) is 12.5. The summed E-state index contributed by atoms with van der Waals surface area (Å²) in [5.74, 6) is -2.23. The number of benzene rings is 1. The standard InChI is InChI=1S/C17H11ClF3NO4S/c1-7-9(5-13(24)25)14-10(2-3-11(23)15(14)18)22(7)16(26)8-4-12(27-6-8)17(19,20)21/h2-4,6,23H,5H2,1H3,(H,24,25). The molecule has 3 rings (SSSR count). The monoisotopic (exact) mass is 417 g/mol. The maximum atomic E-state index is 12.9. The second-order valence-electron chi connectivity index (χ2n) is 5.77. The zero-order valence-corrected chi connectivity index (χ0v) is 15.2. The molecule has 0 bridgehead atoms. The Bertz CT molecular complexity index is 1080. The van der Waals surface area contributed by atoms with Gasteiger partial charge in [-0.15, -0.1) is 11.3 Å². The fraction of sp³-hybridized carbons (Fsp3) is 0.176. The van der Waals surface area contributed by atoms with Gasteiger partial charge in [0, 0.05) is 16.5 Å². The normalized spacial score (nSPS) is 11.9. The molecule has 1 aromatic carbocycles. The van der Waals surface area contributed by atoms with E-state index >= 15 is 0 Å². The van der Waals surface area contributed by atoms with Gasteiger partial charge in [-0.05, 0) is 30.7 Å². The van der Waals surface area contributed by atoms with E-state index in [4.69, 9.17) is 16.7 Å². The number of carbonyl (C=O) groups is 2. The van der Waals surface area contributed by atoms with Gasteiger partial charge in [-0.25, -0.2) is 0 Å². The molecule has 0 aliphatic carbocycles. The van der Waals surface area contributed by atoms with E-state index in [0.717, 1.165) is 16.0 Å². The molecule has 27 heavy (non-hydrogen) atoms. The van der Waals surface area contributed by atoms with E-state index < -0.39 is 29.4 Å². The van der Waals surface area contributed by atoms with Gasteiger partial charge in [-0.1, -0.05) is 11.6 Å². The SMILES string of the molecule is Cc1c(CC(=O)O)c2c(Cl)c(O)ccc2n1C(=O)c1csc(C(F)(F)F)c1. The van der Waals surface area contributed by atoms with E-state index in [1.807, 2.05) is 0 Å². The Morgan fingerprint density at radius 2 is 1.96 bits per heavy atom. The molecule has 0 unspecified atom stereocenters. The smallest absolute Gasteiger partial charge is 0.425 e. The maximum Gasteiger partial charge on any atom is 0.425 e. The number of carbonyl (C=O) groups excluding carboxylic acids is 1. The average Bonchev–Trinajstić information content (AvgIpc) is 3.15. The molecule has 0 saturated heterocycles. The summed E-state index contributed by atoms with van der Waals surface area (Å²) >= 11 is 6.49. The molecule has 0 spiro atoms. The van der Waals surface area contributed by atoms with E-state index in [1.54, 1.807) is 0 Å². The largest absolute Gasteiger partial charge is 0.506 e. The number of thiophene rings is 1. The van der Waals surface area contributed by atoms with Gasteiger partial charge < -0.3 is 10.2 Å². The lowest BCUT2D eigenvalue weighted by molar-refractivity contribution is -0.136. The van der Waals surface area contributed by atoms with Crippen molar-refractivity contribution in [3.8, 4) is 5.75 Å². The molecular weight excluding hydrogens is 407 g/mol. The summed E-state index contributed by atoms with van der Waals surface area (Å²) in [6, 6.07) is 3.34. The average molecular weight is 418 g/mol. The highest BCUT2D eigenvalue weighted by Gasteiger charge is 2.34. The number of aliphatic carboxylic acids is 1.